The Morgan fingerprint density at radius 2 is 1.64 bits per heavy atom. The largest absolute Gasteiger partial charge is 0.501 e. The van der Waals surface area contributed by atoms with Crippen LogP contribution in [0.1, 0.15) is 38.8 Å². The minimum Gasteiger partial charge on any atom is -0.305 e. The molecule has 1 aliphatic heterocycles. The van der Waals surface area contributed by atoms with E-state index in [1.807, 2.05) is 0 Å². The van der Waals surface area contributed by atoms with Crippen LogP contribution in [0, 0.1) is 5.92 Å². The molecule has 2 aromatic rings. The summed E-state index contributed by atoms with van der Waals surface area (Å²) in [7, 11) is -5.54. The number of nitrogens with zero attached hydrogens (tertiary/aromatic N) is 3. The molecule has 0 unspecified atom stereocenters. The van der Waals surface area contributed by atoms with Crippen LogP contribution in [0.25, 0.3) is 0 Å². The van der Waals surface area contributed by atoms with E-state index < -0.39 is 37.7 Å². The lowest BCUT2D eigenvalue weighted by Crippen LogP contribution is -2.43. The number of benzene rings is 1. The van der Waals surface area contributed by atoms with Crippen molar-refractivity contribution in [1.29, 1.82) is 0 Å². The van der Waals surface area contributed by atoms with E-state index in [1.54, 1.807) is 32.3 Å². The summed E-state index contributed by atoms with van der Waals surface area (Å²) in [6.07, 6.45) is 4.06. The Hall–Kier alpha value is -2.95. The maximum atomic E-state index is 13.2. The van der Waals surface area contributed by atoms with Crippen LogP contribution in [-0.4, -0.2) is 41.3 Å². The van der Waals surface area contributed by atoms with Crippen LogP contribution in [0.5, 0.6) is 0 Å². The lowest BCUT2D eigenvalue weighted by atomic mass is 9.98. The topological polar surface area (TPSA) is 87.7 Å². The zero-order chi connectivity index (χ0) is 24.8. The summed E-state index contributed by atoms with van der Waals surface area (Å²) < 4.78 is 61.6. The second-order valence-electron chi connectivity index (χ2n) is 8.75. The van der Waals surface area contributed by atoms with E-state index in [2.05, 4.69) is 18.8 Å². The first-order valence-electron chi connectivity index (χ1n) is 10.2. The summed E-state index contributed by atoms with van der Waals surface area (Å²) in [6.45, 7) is 7.41. The van der Waals surface area contributed by atoms with Crippen LogP contribution >= 0.6 is 0 Å². The molecule has 0 bridgehead atoms. The molecule has 11 heteroatoms. The van der Waals surface area contributed by atoms with Crippen LogP contribution in [0.2, 0.25) is 0 Å². The van der Waals surface area contributed by atoms with Crippen LogP contribution in [0.4, 0.5) is 23.7 Å². The molecule has 0 saturated carbocycles. The number of hydrogen-bond donors (Lipinski definition) is 0. The molecule has 0 N–H and O–H groups in total. The molecule has 0 spiro atoms. The van der Waals surface area contributed by atoms with Crippen molar-refractivity contribution in [3.63, 3.8) is 0 Å². The molecule has 1 aromatic heterocycles. The Morgan fingerprint density at radius 1 is 1.03 bits per heavy atom. The fourth-order valence-electron chi connectivity index (χ4n) is 3.64. The monoisotopic (exact) mass is 483 g/mol. The van der Waals surface area contributed by atoms with Gasteiger partial charge < -0.3 is 4.90 Å². The summed E-state index contributed by atoms with van der Waals surface area (Å²) in [6, 6.07) is 4.64. The molecule has 0 radical (unpaired) electrons. The number of imide groups is 1. The van der Waals surface area contributed by atoms with Gasteiger partial charge >= 0.3 is 11.5 Å². The molecule has 33 heavy (non-hydrogen) atoms. The van der Waals surface area contributed by atoms with Crippen molar-refractivity contribution in [2.75, 3.05) is 4.90 Å². The first-order valence-corrected chi connectivity index (χ1v) is 11.7. The lowest BCUT2D eigenvalue weighted by molar-refractivity contribution is -0.123. The van der Waals surface area contributed by atoms with Crippen LogP contribution in [-0.2, 0) is 27.6 Å². The molecular weight excluding hydrogens is 459 g/mol. The standard InChI is InChI=1S/C22H24F3N3O4S/c1-14(2)11-16-12-26-10-9-15(16)13-27-20(30)28(19(29)21(27,3)4)17-5-7-18(8-6-17)33(31,32)22(23,24)25/h5-10,12,14H,11,13H2,1-4H3. The molecule has 7 nitrogen and oxygen atoms in total. The van der Waals surface area contributed by atoms with Gasteiger partial charge in [0.1, 0.15) is 5.54 Å². The summed E-state index contributed by atoms with van der Waals surface area (Å²) in [5, 5.41) is 0. The average Bonchev–Trinajstić information content (AvgIpc) is 2.87. The van der Waals surface area contributed by atoms with Gasteiger partial charge in [-0.2, -0.15) is 13.2 Å². The Morgan fingerprint density at radius 3 is 2.18 bits per heavy atom. The quantitative estimate of drug-likeness (QED) is 0.571. The maximum absolute atomic E-state index is 13.2. The molecule has 3 amide bonds. The average molecular weight is 484 g/mol. The highest BCUT2D eigenvalue weighted by molar-refractivity contribution is 7.92. The number of amides is 3. The molecule has 0 aliphatic carbocycles. The molecule has 1 saturated heterocycles. The number of hydrogen-bond acceptors (Lipinski definition) is 5. The number of alkyl halides is 3. The maximum Gasteiger partial charge on any atom is 0.501 e. The van der Waals surface area contributed by atoms with Gasteiger partial charge in [0, 0.05) is 18.9 Å². The number of carbonyl (C=O) groups is 2. The van der Waals surface area contributed by atoms with E-state index in [-0.39, 0.29) is 12.2 Å². The number of halogens is 3. The SMILES string of the molecule is CC(C)Cc1cnccc1CN1C(=O)N(c2ccc(S(=O)(=O)C(F)(F)F)cc2)C(=O)C1(C)C. The van der Waals surface area contributed by atoms with Gasteiger partial charge in [-0.05, 0) is 67.6 Å². The lowest BCUT2D eigenvalue weighted by Gasteiger charge is -2.28. The predicted molar refractivity (Wildman–Crippen MR) is 115 cm³/mol. The number of anilines is 1. The van der Waals surface area contributed by atoms with Gasteiger partial charge in [0.25, 0.3) is 15.7 Å². The number of rotatable bonds is 6. The normalized spacial score (nSPS) is 16.7. The van der Waals surface area contributed by atoms with Crippen molar-refractivity contribution in [1.82, 2.24) is 9.88 Å². The zero-order valence-corrected chi connectivity index (χ0v) is 19.4. The van der Waals surface area contributed by atoms with Crippen molar-refractivity contribution in [3.05, 3.63) is 53.9 Å². The number of carbonyl (C=O) groups excluding carboxylic acids is 2. The second-order valence-corrected chi connectivity index (χ2v) is 10.7. The Kier molecular flexibility index (Phi) is 6.31. The molecule has 1 aliphatic rings. The minimum atomic E-state index is -5.54. The van der Waals surface area contributed by atoms with E-state index in [9.17, 15) is 31.2 Å². The Labute approximate surface area is 190 Å². The van der Waals surface area contributed by atoms with E-state index >= 15 is 0 Å². The number of aromatic nitrogens is 1. The van der Waals surface area contributed by atoms with Crippen molar-refractivity contribution in [2.45, 2.75) is 56.6 Å². The first kappa shape index (κ1) is 24.7. The van der Waals surface area contributed by atoms with Gasteiger partial charge in [-0.25, -0.2) is 18.1 Å². The first-order chi connectivity index (χ1) is 15.2. The summed E-state index contributed by atoms with van der Waals surface area (Å²) in [5.74, 6) is -0.224. The fraction of sp³-hybridized carbons (Fsp3) is 0.409. The van der Waals surface area contributed by atoms with Crippen molar-refractivity contribution in [3.8, 4) is 0 Å². The highest BCUT2D eigenvalue weighted by Crippen LogP contribution is 2.36. The van der Waals surface area contributed by atoms with E-state index in [1.165, 1.54) is 4.90 Å². The smallest absolute Gasteiger partial charge is 0.305 e. The number of urea groups is 1. The fourth-order valence-corrected chi connectivity index (χ4v) is 4.40. The molecule has 2 heterocycles. The highest BCUT2D eigenvalue weighted by Gasteiger charge is 2.52. The van der Waals surface area contributed by atoms with Gasteiger partial charge in [0.15, 0.2) is 0 Å². The third-order valence-electron chi connectivity index (χ3n) is 5.49. The van der Waals surface area contributed by atoms with E-state index in [0.29, 0.717) is 5.92 Å². The summed E-state index contributed by atoms with van der Waals surface area (Å²) in [5.41, 5.74) is -4.92. The molecule has 1 fully saturated rings. The number of sulfone groups is 1. The van der Waals surface area contributed by atoms with Gasteiger partial charge in [0.2, 0.25) is 0 Å². The third-order valence-corrected chi connectivity index (χ3v) is 7.00. The molecule has 0 atom stereocenters. The third kappa shape index (κ3) is 4.46. The summed E-state index contributed by atoms with van der Waals surface area (Å²) >= 11 is 0. The minimum absolute atomic E-state index is 0.0150. The molecular formula is C22H24F3N3O4S. The van der Waals surface area contributed by atoms with Crippen LogP contribution in [0.3, 0.4) is 0 Å². The highest BCUT2D eigenvalue weighted by atomic mass is 32.2. The van der Waals surface area contributed by atoms with Gasteiger partial charge in [-0.1, -0.05) is 13.8 Å². The van der Waals surface area contributed by atoms with Gasteiger partial charge in [-0.15, -0.1) is 0 Å². The molecule has 178 valence electrons. The number of pyridine rings is 1. The zero-order valence-electron chi connectivity index (χ0n) is 18.5. The summed E-state index contributed by atoms with van der Waals surface area (Å²) in [4.78, 5) is 31.7. The second kappa shape index (κ2) is 8.44. The Bertz CT molecular complexity index is 1180. The van der Waals surface area contributed by atoms with Crippen LogP contribution in [0.15, 0.2) is 47.6 Å². The molecule has 1 aromatic carbocycles. The van der Waals surface area contributed by atoms with Gasteiger partial charge in [-0.3, -0.25) is 9.78 Å². The molecule has 3 rings (SSSR count). The van der Waals surface area contributed by atoms with Crippen molar-refractivity contribution in [2.24, 2.45) is 5.92 Å². The van der Waals surface area contributed by atoms with Crippen LogP contribution < -0.4 is 4.90 Å². The Balaban J connectivity index is 1.93. The van der Waals surface area contributed by atoms with Crippen molar-refractivity contribution >= 4 is 27.5 Å². The predicted octanol–water partition coefficient (Wildman–Crippen LogP) is 4.32. The van der Waals surface area contributed by atoms with Crippen molar-refractivity contribution < 1.29 is 31.2 Å². The van der Waals surface area contributed by atoms with Gasteiger partial charge in [0.05, 0.1) is 10.6 Å². The van der Waals surface area contributed by atoms with E-state index in [4.69, 9.17) is 0 Å². The van der Waals surface area contributed by atoms with E-state index in [0.717, 1.165) is 46.7 Å².